The van der Waals surface area contributed by atoms with E-state index >= 15 is 0 Å². The molecule has 5 rings (SSSR count). The number of amides is 1. The number of para-hydroxylation sites is 1. The fraction of sp³-hybridized carbons (Fsp3) is 0.242. The number of halogens is 2. The fourth-order valence-electron chi connectivity index (χ4n) is 5.46. The third-order valence-corrected chi connectivity index (χ3v) is 7.34. The number of rotatable bonds is 8. The van der Waals surface area contributed by atoms with Crippen LogP contribution in [0.5, 0.6) is 11.5 Å². The van der Waals surface area contributed by atoms with E-state index in [1.54, 1.807) is 29.7 Å². The molecule has 0 spiro atoms. The molecule has 0 saturated heterocycles. The molecule has 5 aromatic rings. The molecule has 0 aliphatic heterocycles. The molecular weight excluding hydrogens is 556 g/mol. The Hall–Kier alpha value is -4.99. The molecule has 10 heteroatoms. The molecule has 1 atom stereocenters. The van der Waals surface area contributed by atoms with Crippen LogP contribution in [0.15, 0.2) is 60.7 Å². The Bertz CT molecular complexity index is 1840. The van der Waals surface area contributed by atoms with Crippen molar-refractivity contribution in [2.24, 2.45) is 0 Å². The zero-order valence-corrected chi connectivity index (χ0v) is 24.5. The average molecular weight is 588 g/mol. The van der Waals surface area contributed by atoms with E-state index in [-0.39, 0.29) is 23.4 Å². The second-order valence-corrected chi connectivity index (χ2v) is 9.87. The van der Waals surface area contributed by atoms with E-state index in [1.165, 1.54) is 20.3 Å². The first-order valence-corrected chi connectivity index (χ1v) is 13.8. The van der Waals surface area contributed by atoms with E-state index in [0.717, 1.165) is 28.8 Å². The van der Waals surface area contributed by atoms with Gasteiger partial charge in [-0.05, 0) is 62.7 Å². The predicted octanol–water partition coefficient (Wildman–Crippen LogP) is 7.21. The third kappa shape index (κ3) is 5.36. The summed E-state index contributed by atoms with van der Waals surface area (Å²) in [5.41, 5.74) is 3.19. The van der Waals surface area contributed by atoms with Crippen LogP contribution in [0.4, 0.5) is 13.6 Å². The summed E-state index contributed by atoms with van der Waals surface area (Å²) in [4.78, 5) is 31.5. The number of nitrogens with one attached hydrogen (secondary N) is 1. The molecule has 2 aromatic heterocycles. The normalized spacial score (nSPS) is 11.9. The maximum atomic E-state index is 14.6. The molecule has 3 aromatic carbocycles. The van der Waals surface area contributed by atoms with E-state index in [2.05, 4.69) is 10.3 Å². The molecule has 222 valence electrons. The summed E-state index contributed by atoms with van der Waals surface area (Å²) in [7, 11) is 2.69. The van der Waals surface area contributed by atoms with Crippen molar-refractivity contribution in [2.45, 2.75) is 33.2 Å². The molecule has 0 bridgehead atoms. The number of methoxy groups -OCH3 is 2. The van der Waals surface area contributed by atoms with E-state index in [1.807, 2.05) is 38.1 Å². The Morgan fingerprint density at radius 3 is 2.33 bits per heavy atom. The summed E-state index contributed by atoms with van der Waals surface area (Å²) in [5.74, 6) is -2.22. The van der Waals surface area contributed by atoms with E-state index < -0.39 is 35.4 Å². The second-order valence-electron chi connectivity index (χ2n) is 9.87. The van der Waals surface area contributed by atoms with Gasteiger partial charge in [-0.3, -0.25) is 4.79 Å². The second kappa shape index (κ2) is 12.1. The third-order valence-electron chi connectivity index (χ3n) is 7.34. The number of carbonyl (C=O) groups is 2. The first-order chi connectivity index (χ1) is 20.7. The lowest BCUT2D eigenvalue weighted by molar-refractivity contribution is 0.0941. The lowest BCUT2D eigenvalue weighted by atomic mass is 10.0. The summed E-state index contributed by atoms with van der Waals surface area (Å²) < 4.78 is 46.3. The average Bonchev–Trinajstić information content (AvgIpc) is 3.34. The maximum absolute atomic E-state index is 14.6. The fourth-order valence-corrected chi connectivity index (χ4v) is 5.46. The number of fused-ring (bicyclic) bond motifs is 2. The van der Waals surface area contributed by atoms with Crippen LogP contribution in [0.3, 0.4) is 0 Å². The van der Waals surface area contributed by atoms with Crippen LogP contribution in [0.2, 0.25) is 0 Å². The number of nitrogens with zero attached hydrogens (tertiary/aromatic N) is 2. The summed E-state index contributed by atoms with van der Waals surface area (Å²) in [6.45, 7) is 5.74. The lowest BCUT2D eigenvalue weighted by Gasteiger charge is -2.18. The standard InChI is InChI=1S/C33H31F2N3O5/c1-6-28-30(21-10-8-9-11-29(21)38(28)33(40)43-7-2)18(3)36-32(39)23-17-27(19-14-24(34)31(42-5)25(35)15-19)37-26-13-12-20(41-4)16-22(23)26/h8-18H,6-7H2,1-5H3,(H,36,39)/t18-/m1/s1. The largest absolute Gasteiger partial charge is 0.497 e. The number of ether oxygens (including phenoxy) is 3. The predicted molar refractivity (Wildman–Crippen MR) is 160 cm³/mol. The van der Waals surface area contributed by atoms with Gasteiger partial charge in [0, 0.05) is 27.6 Å². The van der Waals surface area contributed by atoms with Gasteiger partial charge in [-0.15, -0.1) is 0 Å². The SMILES string of the molecule is CCOC(=O)n1c(CC)c([C@@H](C)NC(=O)c2cc(-c3cc(F)c(OC)c(F)c3)nc3ccc(OC)cc23)c2ccccc21. The summed E-state index contributed by atoms with van der Waals surface area (Å²) >= 11 is 0. The first kappa shape index (κ1) is 29.5. The smallest absolute Gasteiger partial charge is 0.418 e. The van der Waals surface area contributed by atoms with Crippen molar-refractivity contribution in [3.8, 4) is 22.8 Å². The molecule has 1 amide bonds. The van der Waals surface area contributed by atoms with Crippen LogP contribution in [0, 0.1) is 11.6 Å². The van der Waals surface area contributed by atoms with Crippen LogP contribution < -0.4 is 14.8 Å². The number of pyridine rings is 1. The van der Waals surface area contributed by atoms with Gasteiger partial charge in [0.25, 0.3) is 5.91 Å². The van der Waals surface area contributed by atoms with Gasteiger partial charge >= 0.3 is 6.09 Å². The molecule has 0 fully saturated rings. The van der Waals surface area contributed by atoms with Crippen LogP contribution in [0.1, 0.15) is 48.4 Å². The lowest BCUT2D eigenvalue weighted by Crippen LogP contribution is -2.28. The zero-order valence-electron chi connectivity index (χ0n) is 24.5. The summed E-state index contributed by atoms with van der Waals surface area (Å²) in [6.07, 6.45) is 0.0214. The van der Waals surface area contributed by atoms with Gasteiger partial charge in [0.1, 0.15) is 5.75 Å². The highest BCUT2D eigenvalue weighted by Crippen LogP contribution is 2.34. The summed E-state index contributed by atoms with van der Waals surface area (Å²) in [5, 5.41) is 4.38. The quantitative estimate of drug-likeness (QED) is 0.206. The van der Waals surface area contributed by atoms with E-state index in [9.17, 15) is 18.4 Å². The first-order valence-electron chi connectivity index (χ1n) is 13.8. The van der Waals surface area contributed by atoms with Crippen molar-refractivity contribution in [3.63, 3.8) is 0 Å². The van der Waals surface area contributed by atoms with Crippen LogP contribution in [-0.2, 0) is 11.2 Å². The molecule has 0 aliphatic carbocycles. The Morgan fingerprint density at radius 1 is 0.953 bits per heavy atom. The Morgan fingerprint density at radius 2 is 1.67 bits per heavy atom. The molecule has 1 N–H and O–H groups in total. The minimum atomic E-state index is -0.890. The van der Waals surface area contributed by atoms with Crippen LogP contribution >= 0.6 is 0 Å². The van der Waals surface area contributed by atoms with Crippen molar-refractivity contribution in [1.29, 1.82) is 0 Å². The number of hydrogen-bond donors (Lipinski definition) is 1. The summed E-state index contributed by atoms with van der Waals surface area (Å²) in [6, 6.07) is 15.7. The van der Waals surface area contributed by atoms with Gasteiger partial charge in [0.15, 0.2) is 17.4 Å². The van der Waals surface area contributed by atoms with Crippen molar-refractivity contribution in [1.82, 2.24) is 14.9 Å². The highest BCUT2D eigenvalue weighted by atomic mass is 19.1. The van der Waals surface area contributed by atoms with Crippen molar-refractivity contribution < 1.29 is 32.6 Å². The molecule has 2 heterocycles. The van der Waals surface area contributed by atoms with Gasteiger partial charge in [-0.1, -0.05) is 25.1 Å². The van der Waals surface area contributed by atoms with Gasteiger partial charge in [-0.2, -0.15) is 0 Å². The monoisotopic (exact) mass is 587 g/mol. The molecule has 8 nitrogen and oxygen atoms in total. The Kier molecular flexibility index (Phi) is 8.29. The maximum Gasteiger partial charge on any atom is 0.418 e. The minimum absolute atomic E-state index is 0.140. The van der Waals surface area contributed by atoms with Crippen molar-refractivity contribution in [3.05, 3.63) is 89.1 Å². The minimum Gasteiger partial charge on any atom is -0.497 e. The van der Waals surface area contributed by atoms with Crippen LogP contribution in [0.25, 0.3) is 33.1 Å². The van der Waals surface area contributed by atoms with Gasteiger partial charge < -0.3 is 19.5 Å². The van der Waals surface area contributed by atoms with Gasteiger partial charge in [-0.25, -0.2) is 23.1 Å². The highest BCUT2D eigenvalue weighted by molar-refractivity contribution is 6.08. The highest BCUT2D eigenvalue weighted by Gasteiger charge is 2.26. The molecule has 0 unspecified atom stereocenters. The van der Waals surface area contributed by atoms with Crippen molar-refractivity contribution >= 4 is 33.8 Å². The van der Waals surface area contributed by atoms with Crippen molar-refractivity contribution in [2.75, 3.05) is 20.8 Å². The Balaban J connectivity index is 1.62. The van der Waals surface area contributed by atoms with Gasteiger partial charge in [0.05, 0.1) is 49.2 Å². The number of aromatic nitrogens is 2. The number of hydrogen-bond acceptors (Lipinski definition) is 6. The topological polar surface area (TPSA) is 91.7 Å². The molecule has 0 saturated carbocycles. The van der Waals surface area contributed by atoms with Crippen LogP contribution in [-0.4, -0.2) is 42.4 Å². The molecule has 0 radical (unpaired) electrons. The Labute approximate surface area is 247 Å². The number of carbonyl (C=O) groups excluding carboxylic acids is 2. The molecular formula is C33H31F2N3O5. The number of benzene rings is 3. The van der Waals surface area contributed by atoms with Gasteiger partial charge in [0.2, 0.25) is 0 Å². The zero-order chi connectivity index (χ0) is 30.8. The molecule has 43 heavy (non-hydrogen) atoms. The van der Waals surface area contributed by atoms with E-state index in [4.69, 9.17) is 14.2 Å². The molecule has 0 aliphatic rings. The van der Waals surface area contributed by atoms with E-state index in [0.29, 0.717) is 28.6 Å².